The third-order valence-electron chi connectivity index (χ3n) is 6.41. The molecule has 206 valence electrons. The molecule has 4 unspecified atom stereocenters. The molecular weight excluding hydrogens is 507 g/mol. The van der Waals surface area contributed by atoms with Gasteiger partial charge in [0, 0.05) is 0 Å². The molecule has 1 aromatic rings. The smallest absolute Gasteiger partial charge is 0.746 e. The molecule has 0 radical (unpaired) electrons. The second kappa shape index (κ2) is 20.0. The van der Waals surface area contributed by atoms with Gasteiger partial charge in [0.05, 0.1) is 25.0 Å². The first-order valence-corrected chi connectivity index (χ1v) is 14.6. The summed E-state index contributed by atoms with van der Waals surface area (Å²) in [5.74, 6) is -2.33. The van der Waals surface area contributed by atoms with Crippen LogP contribution >= 0.6 is 0 Å². The van der Waals surface area contributed by atoms with Crippen molar-refractivity contribution in [1.29, 1.82) is 0 Å². The van der Waals surface area contributed by atoms with Gasteiger partial charge in [0.15, 0.2) is 0 Å². The Hall–Kier alpha value is -0.970. The summed E-state index contributed by atoms with van der Waals surface area (Å²) in [6.07, 6.45) is 5.85. The molecule has 0 aromatic heterocycles. The van der Waals surface area contributed by atoms with E-state index in [1.165, 1.54) is 0 Å². The van der Waals surface area contributed by atoms with Crippen molar-refractivity contribution in [2.45, 2.75) is 78.6 Å². The van der Waals surface area contributed by atoms with E-state index in [1.807, 2.05) is 30.3 Å². The van der Waals surface area contributed by atoms with Crippen LogP contribution in [0.2, 0.25) is 0 Å². The fraction of sp³-hybridized carbons (Fsp3) is 0.704. The van der Waals surface area contributed by atoms with Gasteiger partial charge in [0.1, 0.15) is 22.7 Å². The Bertz CT molecular complexity index is 862. The van der Waals surface area contributed by atoms with Crippen LogP contribution in [0.5, 0.6) is 0 Å². The Labute approximate surface area is 245 Å². The van der Waals surface area contributed by atoms with E-state index in [2.05, 4.69) is 20.8 Å². The molecular formula is C27H43NaO8S. The summed E-state index contributed by atoms with van der Waals surface area (Å²) in [5, 5.41) is 0. The number of hydrogen-bond donors (Lipinski definition) is 0. The number of unbranched alkanes of at least 4 members (excludes halogenated alkanes) is 1. The zero-order chi connectivity index (χ0) is 27.0. The minimum atomic E-state index is -4.49. The van der Waals surface area contributed by atoms with Crippen LogP contribution in [-0.4, -0.2) is 50.7 Å². The number of rotatable bonds is 19. The Morgan fingerprint density at radius 1 is 0.946 bits per heavy atom. The van der Waals surface area contributed by atoms with Gasteiger partial charge >= 0.3 is 41.5 Å². The summed E-state index contributed by atoms with van der Waals surface area (Å²) in [6.45, 7) is 8.03. The van der Waals surface area contributed by atoms with Crippen molar-refractivity contribution in [3.63, 3.8) is 0 Å². The molecule has 0 aliphatic carbocycles. The second-order valence-corrected chi connectivity index (χ2v) is 10.7. The Balaban J connectivity index is 0.0000130. The van der Waals surface area contributed by atoms with Crippen LogP contribution in [0.15, 0.2) is 30.3 Å². The van der Waals surface area contributed by atoms with Crippen molar-refractivity contribution in [2.75, 3.05) is 25.8 Å². The summed E-state index contributed by atoms with van der Waals surface area (Å²) in [5.41, 5.74) is 1.15. The molecule has 1 rings (SSSR count). The van der Waals surface area contributed by atoms with Gasteiger partial charge < -0.3 is 18.8 Å². The van der Waals surface area contributed by atoms with Gasteiger partial charge in [-0.25, -0.2) is 8.42 Å². The molecule has 0 aliphatic heterocycles. The van der Waals surface area contributed by atoms with Crippen LogP contribution in [0.25, 0.3) is 0 Å². The number of hydrogen-bond acceptors (Lipinski definition) is 8. The van der Waals surface area contributed by atoms with E-state index in [4.69, 9.17) is 14.2 Å². The van der Waals surface area contributed by atoms with Crippen molar-refractivity contribution in [3.8, 4) is 0 Å². The molecule has 0 spiro atoms. The molecule has 0 bridgehead atoms. The van der Waals surface area contributed by atoms with Gasteiger partial charge in [-0.15, -0.1) is 0 Å². The Kier molecular flexibility index (Phi) is 19.5. The monoisotopic (exact) mass is 550 g/mol. The molecule has 0 saturated carbocycles. The van der Waals surface area contributed by atoms with E-state index in [0.29, 0.717) is 18.9 Å². The maximum absolute atomic E-state index is 13.2. The summed E-state index contributed by atoms with van der Waals surface area (Å²) in [7, 11) is -4.49. The molecule has 37 heavy (non-hydrogen) atoms. The molecule has 8 nitrogen and oxygen atoms in total. The largest absolute Gasteiger partial charge is 1.00 e. The van der Waals surface area contributed by atoms with E-state index in [0.717, 1.165) is 37.7 Å². The molecule has 0 fully saturated rings. The van der Waals surface area contributed by atoms with Crippen LogP contribution in [0.4, 0.5) is 0 Å². The van der Waals surface area contributed by atoms with Gasteiger partial charge in [-0.3, -0.25) is 9.59 Å². The van der Waals surface area contributed by atoms with E-state index in [-0.39, 0.29) is 61.1 Å². The second-order valence-electron chi connectivity index (χ2n) is 9.38. The SMILES string of the molecule is CCCCC(CC)COC(=O)C(CC(C)C(=O)OCCOCS(=O)(=O)[O-])CC(CC)c1ccccc1.[Na+]. The van der Waals surface area contributed by atoms with E-state index >= 15 is 0 Å². The standard InChI is InChI=1S/C27H44O8S.Na/c1-5-8-12-22(6-2)19-35-27(29)25(18-23(7-3)24-13-10-9-11-14-24)17-21(4)26(28)34-16-15-33-20-36(30,31)32;/h9-11,13-14,21-23,25H,5-8,12,15-20H2,1-4H3,(H,30,31,32);/q;+1/p-1. The molecule has 1 aromatic carbocycles. The fourth-order valence-corrected chi connectivity index (χ4v) is 4.46. The maximum Gasteiger partial charge on any atom is 1.00 e. The maximum atomic E-state index is 13.2. The summed E-state index contributed by atoms with van der Waals surface area (Å²) >= 11 is 0. The molecule has 0 saturated heterocycles. The summed E-state index contributed by atoms with van der Waals surface area (Å²) < 4.78 is 47.3. The molecule has 0 N–H and O–H groups in total. The third-order valence-corrected chi connectivity index (χ3v) is 6.87. The number of esters is 2. The third kappa shape index (κ3) is 15.9. The molecule has 4 atom stereocenters. The number of benzene rings is 1. The summed E-state index contributed by atoms with van der Waals surface area (Å²) in [4.78, 5) is 25.7. The van der Waals surface area contributed by atoms with Gasteiger partial charge in [0.25, 0.3) is 0 Å². The normalized spacial score (nSPS) is 14.6. The first-order chi connectivity index (χ1) is 17.1. The fourth-order valence-electron chi connectivity index (χ4n) is 4.14. The van der Waals surface area contributed by atoms with Crippen LogP contribution in [-0.2, 0) is 33.9 Å². The van der Waals surface area contributed by atoms with E-state index in [9.17, 15) is 22.6 Å². The zero-order valence-corrected chi connectivity index (χ0v) is 26.0. The predicted octanol–water partition coefficient (Wildman–Crippen LogP) is 2.04. The number of ether oxygens (including phenoxy) is 3. The average molecular weight is 551 g/mol. The van der Waals surface area contributed by atoms with Crippen LogP contribution < -0.4 is 29.6 Å². The van der Waals surface area contributed by atoms with Gasteiger partial charge in [0.2, 0.25) is 0 Å². The Morgan fingerprint density at radius 2 is 1.62 bits per heavy atom. The van der Waals surface area contributed by atoms with Crippen molar-refractivity contribution < 1.29 is 66.3 Å². The first-order valence-electron chi connectivity index (χ1n) is 13.0. The van der Waals surface area contributed by atoms with Crippen LogP contribution in [0.3, 0.4) is 0 Å². The zero-order valence-electron chi connectivity index (χ0n) is 23.1. The molecule has 10 heteroatoms. The van der Waals surface area contributed by atoms with Gasteiger partial charge in [-0.2, -0.15) is 0 Å². The quantitative estimate of drug-likeness (QED) is 0.111. The van der Waals surface area contributed by atoms with Crippen LogP contribution in [0, 0.1) is 17.8 Å². The molecule has 0 heterocycles. The number of carbonyl (C=O) groups is 2. The number of carbonyl (C=O) groups excluding carboxylic acids is 2. The van der Waals surface area contributed by atoms with Gasteiger partial charge in [-0.05, 0) is 43.1 Å². The minimum absolute atomic E-state index is 0. The van der Waals surface area contributed by atoms with Crippen LogP contribution in [0.1, 0.15) is 84.1 Å². The topological polar surface area (TPSA) is 119 Å². The van der Waals surface area contributed by atoms with Crippen molar-refractivity contribution in [2.24, 2.45) is 17.8 Å². The summed E-state index contributed by atoms with van der Waals surface area (Å²) in [6, 6.07) is 10.0. The molecule has 0 aliphatic rings. The average Bonchev–Trinajstić information content (AvgIpc) is 2.85. The van der Waals surface area contributed by atoms with E-state index < -0.39 is 33.9 Å². The van der Waals surface area contributed by atoms with Crippen molar-refractivity contribution in [1.82, 2.24) is 0 Å². The minimum Gasteiger partial charge on any atom is -0.746 e. The van der Waals surface area contributed by atoms with E-state index in [1.54, 1.807) is 6.92 Å². The first kappa shape index (κ1) is 36.0. The molecule has 0 amide bonds. The Morgan fingerprint density at radius 3 is 2.19 bits per heavy atom. The van der Waals surface area contributed by atoms with Gasteiger partial charge in [-0.1, -0.05) is 77.3 Å². The predicted molar refractivity (Wildman–Crippen MR) is 137 cm³/mol. The van der Waals surface area contributed by atoms with Crippen molar-refractivity contribution >= 4 is 22.1 Å². The van der Waals surface area contributed by atoms with Crippen molar-refractivity contribution in [3.05, 3.63) is 35.9 Å².